The van der Waals surface area contributed by atoms with E-state index in [4.69, 9.17) is 4.42 Å². The lowest BCUT2D eigenvalue weighted by atomic mass is 9.92. The second-order valence-corrected chi connectivity index (χ2v) is 8.25. The Bertz CT molecular complexity index is 737. The second kappa shape index (κ2) is 9.46. The van der Waals surface area contributed by atoms with Gasteiger partial charge in [-0.15, -0.1) is 0 Å². The van der Waals surface area contributed by atoms with Gasteiger partial charge in [0.15, 0.2) is 5.96 Å². The lowest BCUT2D eigenvalue weighted by Gasteiger charge is -2.39. The van der Waals surface area contributed by atoms with Crippen LogP contribution in [0.15, 0.2) is 39.7 Å². The summed E-state index contributed by atoms with van der Waals surface area (Å²) in [5.41, 5.74) is 0.963. The van der Waals surface area contributed by atoms with Crippen LogP contribution in [0.1, 0.15) is 50.7 Å². The van der Waals surface area contributed by atoms with Gasteiger partial charge in [0.1, 0.15) is 11.3 Å². The maximum atomic E-state index is 5.90. The summed E-state index contributed by atoms with van der Waals surface area (Å²) in [6.07, 6.45) is 10.4. The van der Waals surface area contributed by atoms with Crippen LogP contribution in [0.25, 0.3) is 11.0 Å². The molecule has 1 aliphatic carbocycles. The van der Waals surface area contributed by atoms with Gasteiger partial charge in [-0.2, -0.15) is 0 Å². The van der Waals surface area contributed by atoms with Gasteiger partial charge in [0.2, 0.25) is 0 Å². The van der Waals surface area contributed by atoms with Gasteiger partial charge in [-0.3, -0.25) is 4.99 Å². The lowest BCUT2D eigenvalue weighted by molar-refractivity contribution is 0.119. The van der Waals surface area contributed by atoms with Crippen molar-refractivity contribution in [3.05, 3.63) is 36.1 Å². The van der Waals surface area contributed by atoms with Crippen LogP contribution in [-0.4, -0.2) is 49.6 Å². The van der Waals surface area contributed by atoms with Crippen LogP contribution in [0.4, 0.5) is 0 Å². The Morgan fingerprint density at radius 2 is 1.89 bits per heavy atom. The largest absolute Gasteiger partial charge is 0.461 e. The topological polar surface area (TPSA) is 52.8 Å². The van der Waals surface area contributed by atoms with Crippen molar-refractivity contribution in [3.8, 4) is 0 Å². The third kappa shape index (κ3) is 4.88. The molecule has 1 saturated carbocycles. The van der Waals surface area contributed by atoms with E-state index in [1.54, 1.807) is 0 Å². The third-order valence-electron chi connectivity index (χ3n) is 6.33. The predicted molar refractivity (Wildman–Crippen MR) is 116 cm³/mol. The summed E-state index contributed by atoms with van der Waals surface area (Å²) in [5.74, 6) is 1.93. The molecule has 1 aromatic heterocycles. The number of piperidine rings is 1. The molecule has 2 aromatic rings. The Kier molecular flexibility index (Phi) is 6.53. The highest BCUT2D eigenvalue weighted by Crippen LogP contribution is 2.25. The SMILES string of the molecule is CN=C(NCCc1cc2ccccc2o1)NC1CCN(C2CCCCC2)CC1. The molecule has 1 aromatic carbocycles. The smallest absolute Gasteiger partial charge is 0.191 e. The number of hydrogen-bond donors (Lipinski definition) is 2. The number of furan rings is 1. The minimum Gasteiger partial charge on any atom is -0.461 e. The summed E-state index contributed by atoms with van der Waals surface area (Å²) in [4.78, 5) is 7.15. The fourth-order valence-electron chi connectivity index (χ4n) is 4.71. The summed E-state index contributed by atoms with van der Waals surface area (Å²) < 4.78 is 5.90. The zero-order valence-electron chi connectivity index (χ0n) is 17.1. The molecule has 4 rings (SSSR count). The van der Waals surface area contributed by atoms with Crippen LogP contribution in [-0.2, 0) is 6.42 Å². The number of nitrogens with zero attached hydrogens (tertiary/aromatic N) is 2. The van der Waals surface area contributed by atoms with Gasteiger partial charge in [-0.25, -0.2) is 0 Å². The Labute approximate surface area is 168 Å². The molecule has 0 radical (unpaired) electrons. The number of fused-ring (bicyclic) bond motifs is 1. The molecule has 2 N–H and O–H groups in total. The van der Waals surface area contributed by atoms with Crippen LogP contribution in [0.5, 0.6) is 0 Å². The minimum absolute atomic E-state index is 0.525. The standard InChI is InChI=1S/C23H34N4O/c1-24-23(25-14-11-21-17-18-7-5-6-10-22(18)28-21)26-19-12-15-27(16-13-19)20-8-3-2-4-9-20/h5-7,10,17,19-20H,2-4,8-9,11-16H2,1H3,(H2,24,25,26). The van der Waals surface area contributed by atoms with Crippen LogP contribution in [0, 0.1) is 0 Å². The molecule has 2 fully saturated rings. The van der Waals surface area contributed by atoms with E-state index in [-0.39, 0.29) is 0 Å². The van der Waals surface area contributed by atoms with Crippen molar-refractivity contribution in [1.29, 1.82) is 0 Å². The summed E-state index contributed by atoms with van der Waals surface area (Å²) in [7, 11) is 1.85. The molecule has 5 nitrogen and oxygen atoms in total. The first-order valence-electron chi connectivity index (χ1n) is 11.0. The number of rotatable bonds is 5. The average molecular weight is 383 g/mol. The number of guanidine groups is 1. The monoisotopic (exact) mass is 382 g/mol. The lowest BCUT2D eigenvalue weighted by Crippen LogP contribution is -2.51. The summed E-state index contributed by atoms with van der Waals surface area (Å²) in [6, 6.07) is 11.7. The van der Waals surface area contributed by atoms with Gasteiger partial charge in [0, 0.05) is 50.6 Å². The van der Waals surface area contributed by atoms with Crippen LogP contribution >= 0.6 is 0 Å². The Morgan fingerprint density at radius 1 is 1.11 bits per heavy atom. The van der Waals surface area contributed by atoms with E-state index in [9.17, 15) is 0 Å². The highest BCUT2D eigenvalue weighted by Gasteiger charge is 2.26. The van der Waals surface area contributed by atoms with Gasteiger partial charge in [-0.1, -0.05) is 37.5 Å². The highest BCUT2D eigenvalue weighted by molar-refractivity contribution is 5.80. The number of benzene rings is 1. The molecule has 0 bridgehead atoms. The van der Waals surface area contributed by atoms with Crippen molar-refractivity contribution in [2.75, 3.05) is 26.7 Å². The van der Waals surface area contributed by atoms with Crippen molar-refractivity contribution in [2.24, 2.45) is 4.99 Å². The van der Waals surface area contributed by atoms with E-state index in [2.05, 4.69) is 32.7 Å². The van der Waals surface area contributed by atoms with E-state index in [1.165, 1.54) is 63.4 Å². The fraction of sp³-hybridized carbons (Fsp3) is 0.609. The first kappa shape index (κ1) is 19.3. The zero-order chi connectivity index (χ0) is 19.2. The quantitative estimate of drug-likeness (QED) is 0.608. The molecular weight excluding hydrogens is 348 g/mol. The molecule has 1 aliphatic heterocycles. The van der Waals surface area contributed by atoms with Gasteiger partial charge >= 0.3 is 0 Å². The summed E-state index contributed by atoms with van der Waals surface area (Å²) >= 11 is 0. The zero-order valence-corrected chi connectivity index (χ0v) is 17.1. The van der Waals surface area contributed by atoms with Crippen molar-refractivity contribution in [2.45, 2.75) is 63.5 Å². The molecule has 0 atom stereocenters. The first-order valence-corrected chi connectivity index (χ1v) is 11.0. The molecule has 0 amide bonds. The Balaban J connectivity index is 1.19. The molecule has 28 heavy (non-hydrogen) atoms. The summed E-state index contributed by atoms with van der Waals surface area (Å²) in [5, 5.41) is 8.24. The number of likely N-dealkylation sites (tertiary alicyclic amines) is 1. The van der Waals surface area contributed by atoms with E-state index in [1.807, 2.05) is 25.2 Å². The minimum atomic E-state index is 0.525. The number of aliphatic imine (C=N–C) groups is 1. The predicted octanol–water partition coefficient (Wildman–Crippen LogP) is 3.94. The molecule has 2 heterocycles. The Hall–Kier alpha value is -2.01. The maximum absolute atomic E-state index is 5.90. The van der Waals surface area contributed by atoms with Crippen LogP contribution < -0.4 is 10.6 Å². The van der Waals surface area contributed by atoms with E-state index < -0.39 is 0 Å². The first-order chi connectivity index (χ1) is 13.8. The van der Waals surface area contributed by atoms with Crippen LogP contribution in [0.3, 0.4) is 0 Å². The van der Waals surface area contributed by atoms with Crippen molar-refractivity contribution in [3.63, 3.8) is 0 Å². The number of hydrogen-bond acceptors (Lipinski definition) is 3. The van der Waals surface area contributed by atoms with E-state index >= 15 is 0 Å². The third-order valence-corrected chi connectivity index (χ3v) is 6.33. The molecule has 0 spiro atoms. The average Bonchev–Trinajstić information content (AvgIpc) is 3.17. The highest BCUT2D eigenvalue weighted by atomic mass is 16.3. The molecule has 152 valence electrons. The Morgan fingerprint density at radius 3 is 2.64 bits per heavy atom. The van der Waals surface area contributed by atoms with Gasteiger partial charge in [-0.05, 0) is 37.8 Å². The van der Waals surface area contributed by atoms with Gasteiger partial charge < -0.3 is 20.0 Å². The maximum Gasteiger partial charge on any atom is 0.191 e. The van der Waals surface area contributed by atoms with Crippen molar-refractivity contribution >= 4 is 16.9 Å². The fourth-order valence-corrected chi connectivity index (χ4v) is 4.71. The van der Waals surface area contributed by atoms with E-state index in [0.717, 1.165) is 36.3 Å². The molecule has 2 aliphatic rings. The van der Waals surface area contributed by atoms with Crippen molar-refractivity contribution in [1.82, 2.24) is 15.5 Å². The molecule has 0 unspecified atom stereocenters. The number of para-hydroxylation sites is 1. The number of nitrogens with one attached hydrogen (secondary N) is 2. The van der Waals surface area contributed by atoms with Crippen LogP contribution in [0.2, 0.25) is 0 Å². The van der Waals surface area contributed by atoms with Crippen molar-refractivity contribution < 1.29 is 4.42 Å². The van der Waals surface area contributed by atoms with Gasteiger partial charge in [0.05, 0.1) is 0 Å². The summed E-state index contributed by atoms with van der Waals surface area (Å²) in [6.45, 7) is 3.26. The van der Waals surface area contributed by atoms with E-state index in [0.29, 0.717) is 6.04 Å². The van der Waals surface area contributed by atoms with Gasteiger partial charge in [0.25, 0.3) is 0 Å². The molecule has 1 saturated heterocycles. The molecule has 5 heteroatoms. The molecular formula is C23H34N4O. The normalized spacial score (nSPS) is 20.5. The second-order valence-electron chi connectivity index (χ2n) is 8.25.